The highest BCUT2D eigenvalue weighted by Gasteiger charge is 2.27. The predicted molar refractivity (Wildman–Crippen MR) is 149 cm³/mol. The van der Waals surface area contributed by atoms with Gasteiger partial charge >= 0.3 is 0 Å². The van der Waals surface area contributed by atoms with Crippen LogP contribution in [0.2, 0.25) is 5.02 Å². The zero-order chi connectivity index (χ0) is 25.8. The Bertz CT molecular complexity index is 1400. The van der Waals surface area contributed by atoms with Gasteiger partial charge in [0, 0.05) is 35.8 Å². The molecule has 6 heteroatoms. The van der Waals surface area contributed by atoms with Crippen LogP contribution in [0.25, 0.3) is 12.2 Å². The fourth-order valence-corrected chi connectivity index (χ4v) is 4.66. The normalized spacial score (nSPS) is 16.6. The van der Waals surface area contributed by atoms with Gasteiger partial charge in [-0.15, -0.1) is 5.10 Å². The summed E-state index contributed by atoms with van der Waals surface area (Å²) in [4.78, 5) is 15.7. The lowest BCUT2D eigenvalue weighted by Gasteiger charge is -2.29. The first-order valence-electron chi connectivity index (χ1n) is 12.4. The van der Waals surface area contributed by atoms with Gasteiger partial charge in [-0.05, 0) is 48.8 Å². The number of hydrogen-bond donors (Lipinski definition) is 0. The molecule has 1 aliphatic heterocycles. The summed E-state index contributed by atoms with van der Waals surface area (Å²) >= 11 is 6.32. The average Bonchev–Trinajstić information content (AvgIpc) is 3.32. The summed E-state index contributed by atoms with van der Waals surface area (Å²) in [5.74, 6) is 0.0970. The third-order valence-corrected chi connectivity index (χ3v) is 6.84. The van der Waals surface area contributed by atoms with Crippen molar-refractivity contribution >= 4 is 29.5 Å². The van der Waals surface area contributed by atoms with E-state index >= 15 is 0 Å². The van der Waals surface area contributed by atoms with Crippen LogP contribution >= 0.6 is 11.6 Å². The van der Waals surface area contributed by atoms with E-state index in [1.54, 1.807) is 4.68 Å². The van der Waals surface area contributed by atoms with E-state index in [9.17, 15) is 4.79 Å². The number of piperidine rings is 1. The molecule has 186 valence electrons. The number of benzene rings is 3. The number of halogens is 1. The SMILES string of the molecule is Cc1ccc(/C=C2\CN(Cc3cn(Cc4ccccc4Cl)nn3)C/C(=C\c3ccc(C)cc3)C2=O)cc1. The summed E-state index contributed by atoms with van der Waals surface area (Å²) in [6, 6.07) is 24.2. The molecule has 1 aliphatic rings. The van der Waals surface area contributed by atoms with Crippen LogP contribution in [0, 0.1) is 13.8 Å². The molecule has 3 aromatic carbocycles. The van der Waals surface area contributed by atoms with Crippen LogP contribution in [-0.2, 0) is 17.9 Å². The predicted octanol–water partition coefficient (Wildman–Crippen LogP) is 6.15. The minimum Gasteiger partial charge on any atom is -0.289 e. The highest BCUT2D eigenvalue weighted by Crippen LogP contribution is 2.24. The van der Waals surface area contributed by atoms with Crippen LogP contribution in [0.3, 0.4) is 0 Å². The van der Waals surface area contributed by atoms with Gasteiger partial charge in [-0.3, -0.25) is 9.69 Å². The van der Waals surface area contributed by atoms with Crippen LogP contribution in [-0.4, -0.2) is 38.8 Å². The molecule has 1 aromatic heterocycles. The zero-order valence-electron chi connectivity index (χ0n) is 21.1. The maximum Gasteiger partial charge on any atom is 0.187 e. The van der Waals surface area contributed by atoms with Crippen LogP contribution in [0.15, 0.2) is 90.1 Å². The van der Waals surface area contributed by atoms with E-state index in [1.165, 1.54) is 11.1 Å². The minimum atomic E-state index is 0.0970. The van der Waals surface area contributed by atoms with E-state index in [0.29, 0.717) is 31.2 Å². The molecule has 0 radical (unpaired) electrons. The summed E-state index contributed by atoms with van der Waals surface area (Å²) in [5, 5.41) is 9.42. The highest BCUT2D eigenvalue weighted by molar-refractivity contribution is 6.31. The smallest absolute Gasteiger partial charge is 0.187 e. The monoisotopic (exact) mass is 508 g/mol. The Morgan fingerprint density at radius 1 is 0.811 bits per heavy atom. The maximum atomic E-state index is 13.5. The number of aryl methyl sites for hydroxylation is 2. The fraction of sp³-hybridized carbons (Fsp3) is 0.194. The molecule has 37 heavy (non-hydrogen) atoms. The van der Waals surface area contributed by atoms with E-state index in [1.807, 2.05) is 42.6 Å². The number of aromatic nitrogens is 3. The molecule has 0 atom stereocenters. The third kappa shape index (κ3) is 6.31. The van der Waals surface area contributed by atoms with Gasteiger partial charge in [0.25, 0.3) is 0 Å². The number of carbonyl (C=O) groups excluding carboxylic acids is 1. The minimum absolute atomic E-state index is 0.0970. The molecule has 0 aliphatic carbocycles. The molecule has 5 rings (SSSR count). The lowest BCUT2D eigenvalue weighted by molar-refractivity contribution is -0.113. The number of ketones is 1. The fourth-order valence-electron chi connectivity index (χ4n) is 4.47. The van der Waals surface area contributed by atoms with E-state index < -0.39 is 0 Å². The topological polar surface area (TPSA) is 51.0 Å². The summed E-state index contributed by atoms with van der Waals surface area (Å²) in [6.07, 6.45) is 5.96. The Labute approximate surface area is 222 Å². The summed E-state index contributed by atoms with van der Waals surface area (Å²) in [6.45, 7) is 6.37. The van der Waals surface area contributed by atoms with Crippen molar-refractivity contribution in [1.29, 1.82) is 0 Å². The number of carbonyl (C=O) groups is 1. The van der Waals surface area contributed by atoms with Crippen molar-refractivity contribution < 1.29 is 4.79 Å². The van der Waals surface area contributed by atoms with Gasteiger partial charge in [0.15, 0.2) is 5.78 Å². The molecular formula is C31H29ClN4O. The van der Waals surface area contributed by atoms with Gasteiger partial charge in [-0.2, -0.15) is 0 Å². The van der Waals surface area contributed by atoms with Gasteiger partial charge in [0.2, 0.25) is 0 Å². The third-order valence-electron chi connectivity index (χ3n) is 6.47. The molecular weight excluding hydrogens is 480 g/mol. The summed E-state index contributed by atoms with van der Waals surface area (Å²) < 4.78 is 1.80. The second-order valence-corrected chi connectivity index (χ2v) is 10.0. The van der Waals surface area contributed by atoms with Gasteiger partial charge in [-0.1, -0.05) is 94.7 Å². The van der Waals surface area contributed by atoms with Crippen LogP contribution < -0.4 is 0 Å². The number of nitrogens with zero attached hydrogens (tertiary/aromatic N) is 4. The molecule has 0 amide bonds. The Balaban J connectivity index is 1.40. The first-order chi connectivity index (χ1) is 17.9. The summed E-state index contributed by atoms with van der Waals surface area (Å²) in [7, 11) is 0. The lowest BCUT2D eigenvalue weighted by Crippen LogP contribution is -2.37. The Morgan fingerprint density at radius 3 is 1.95 bits per heavy atom. The van der Waals surface area contributed by atoms with Crippen molar-refractivity contribution in [1.82, 2.24) is 19.9 Å². The van der Waals surface area contributed by atoms with Gasteiger partial charge in [0.1, 0.15) is 0 Å². The maximum absolute atomic E-state index is 13.5. The number of rotatable bonds is 6. The number of hydrogen-bond acceptors (Lipinski definition) is 4. The summed E-state index contributed by atoms with van der Waals surface area (Å²) in [5.41, 5.74) is 7.83. The molecule has 0 N–H and O–H groups in total. The zero-order valence-corrected chi connectivity index (χ0v) is 21.8. The second-order valence-electron chi connectivity index (χ2n) is 9.63. The van der Waals surface area contributed by atoms with Crippen molar-refractivity contribution in [3.63, 3.8) is 0 Å². The molecule has 0 saturated carbocycles. The first-order valence-corrected chi connectivity index (χ1v) is 12.7. The Hall–Kier alpha value is -3.80. The van der Waals surface area contributed by atoms with Gasteiger partial charge in [-0.25, -0.2) is 4.68 Å². The van der Waals surface area contributed by atoms with E-state index in [-0.39, 0.29) is 5.78 Å². The van der Waals surface area contributed by atoms with Gasteiger partial charge in [0.05, 0.1) is 18.4 Å². The Morgan fingerprint density at radius 2 is 1.38 bits per heavy atom. The molecule has 0 unspecified atom stereocenters. The van der Waals surface area contributed by atoms with Crippen LogP contribution in [0.4, 0.5) is 0 Å². The quantitative estimate of drug-likeness (QED) is 0.293. The van der Waals surface area contributed by atoms with Crippen LogP contribution in [0.5, 0.6) is 0 Å². The van der Waals surface area contributed by atoms with Crippen molar-refractivity contribution in [2.45, 2.75) is 26.9 Å². The standard InChI is InChI=1S/C31H29ClN4O/c1-22-7-11-24(12-8-22)15-27-17-35(18-28(31(27)37)16-25-13-9-23(2)10-14-25)20-29-21-36(34-33-29)19-26-5-3-4-6-30(26)32/h3-16,21H,17-20H2,1-2H3/b27-15+,28-16+. The largest absolute Gasteiger partial charge is 0.289 e. The molecule has 0 spiro atoms. The first kappa shape index (κ1) is 24.9. The average molecular weight is 509 g/mol. The number of likely N-dealkylation sites (tertiary alicyclic amines) is 1. The molecule has 1 fully saturated rings. The molecule has 4 aromatic rings. The lowest BCUT2D eigenvalue weighted by atomic mass is 9.94. The Kier molecular flexibility index (Phi) is 7.45. The molecule has 5 nitrogen and oxygen atoms in total. The van der Waals surface area contributed by atoms with Crippen molar-refractivity contribution in [3.05, 3.63) is 129 Å². The second kappa shape index (κ2) is 11.1. The van der Waals surface area contributed by atoms with E-state index in [0.717, 1.165) is 33.5 Å². The van der Waals surface area contributed by atoms with Crippen LogP contribution in [0.1, 0.15) is 33.5 Å². The van der Waals surface area contributed by atoms with Crippen molar-refractivity contribution in [2.75, 3.05) is 13.1 Å². The molecule has 2 heterocycles. The van der Waals surface area contributed by atoms with E-state index in [4.69, 9.17) is 11.6 Å². The number of Topliss-reactive ketones (excluding diaryl/α,β-unsaturated/α-hetero) is 1. The molecule has 0 bridgehead atoms. The van der Waals surface area contributed by atoms with Crippen molar-refractivity contribution in [2.24, 2.45) is 0 Å². The van der Waals surface area contributed by atoms with E-state index in [2.05, 4.69) is 77.6 Å². The highest BCUT2D eigenvalue weighted by atomic mass is 35.5. The van der Waals surface area contributed by atoms with Gasteiger partial charge < -0.3 is 0 Å². The van der Waals surface area contributed by atoms with Crippen molar-refractivity contribution in [3.8, 4) is 0 Å². The molecule has 1 saturated heterocycles.